The summed E-state index contributed by atoms with van der Waals surface area (Å²) in [5.41, 5.74) is -1.89. The highest BCUT2D eigenvalue weighted by atomic mass is 19.4. The largest absolute Gasteiger partial charge is 0.416 e. The smallest absolute Gasteiger partial charge is 0.352 e. The molecule has 1 N–H and O–H groups in total. The zero-order valence-electron chi connectivity index (χ0n) is 21.1. The minimum absolute atomic E-state index is 0.0595. The molecule has 7 nitrogen and oxygen atoms in total. The third-order valence-electron chi connectivity index (χ3n) is 6.61. The van der Waals surface area contributed by atoms with Crippen molar-refractivity contribution in [3.63, 3.8) is 0 Å². The highest BCUT2D eigenvalue weighted by Crippen LogP contribution is 2.30. The first-order chi connectivity index (χ1) is 16.9. The van der Waals surface area contributed by atoms with Crippen molar-refractivity contribution >= 4 is 11.8 Å². The SMILES string of the molecule is Cc1c(C(=O)N(C)C)cc(C(=O)NCCCN2CCCCC2C)c(=O)n1-c1cccc(C(F)(F)F)c1. The maximum Gasteiger partial charge on any atom is 0.416 e. The summed E-state index contributed by atoms with van der Waals surface area (Å²) in [5, 5.41) is 2.74. The summed E-state index contributed by atoms with van der Waals surface area (Å²) < 4.78 is 41.0. The van der Waals surface area contributed by atoms with Gasteiger partial charge < -0.3 is 15.1 Å². The van der Waals surface area contributed by atoms with Crippen molar-refractivity contribution in [2.45, 2.75) is 51.7 Å². The van der Waals surface area contributed by atoms with Crippen LogP contribution in [0.25, 0.3) is 5.69 Å². The van der Waals surface area contributed by atoms with Gasteiger partial charge in [-0.05, 0) is 63.9 Å². The number of rotatable bonds is 7. The van der Waals surface area contributed by atoms with Gasteiger partial charge in [-0.15, -0.1) is 0 Å². The Morgan fingerprint density at radius 3 is 2.50 bits per heavy atom. The molecular formula is C26H33F3N4O3. The minimum Gasteiger partial charge on any atom is -0.352 e. The number of aromatic nitrogens is 1. The molecule has 10 heteroatoms. The molecule has 1 atom stereocenters. The molecule has 1 aliphatic rings. The molecular weight excluding hydrogens is 473 g/mol. The number of hydrogen-bond acceptors (Lipinski definition) is 4. The summed E-state index contributed by atoms with van der Waals surface area (Å²) in [6.45, 7) is 5.82. The van der Waals surface area contributed by atoms with Crippen molar-refractivity contribution in [3.8, 4) is 5.69 Å². The molecule has 196 valence electrons. The number of nitrogens with zero attached hydrogens (tertiary/aromatic N) is 3. The van der Waals surface area contributed by atoms with E-state index >= 15 is 0 Å². The standard InChI is InChI=1S/C26H33F3N4O3/c1-17-9-5-6-13-32(17)14-8-12-30-23(34)22-16-21(24(35)31(3)4)18(2)33(25(22)36)20-11-7-10-19(15-20)26(27,28)29/h7,10-11,15-17H,5-6,8-9,12-14H2,1-4H3,(H,30,34). The fraction of sp³-hybridized carbons (Fsp3) is 0.500. The van der Waals surface area contributed by atoms with Crippen molar-refractivity contribution in [1.29, 1.82) is 0 Å². The van der Waals surface area contributed by atoms with Crippen LogP contribution in [0, 0.1) is 6.92 Å². The summed E-state index contributed by atoms with van der Waals surface area (Å²) in [5.74, 6) is -1.14. The summed E-state index contributed by atoms with van der Waals surface area (Å²) in [6.07, 6.45) is -0.414. The quantitative estimate of drug-likeness (QED) is 0.579. The first kappa shape index (κ1) is 27.4. The lowest BCUT2D eigenvalue weighted by atomic mass is 10.0. The molecule has 1 aromatic heterocycles. The molecule has 3 rings (SSSR count). The number of nitrogens with one attached hydrogen (secondary N) is 1. The van der Waals surface area contributed by atoms with Gasteiger partial charge in [0.2, 0.25) is 0 Å². The van der Waals surface area contributed by atoms with E-state index in [2.05, 4.69) is 17.1 Å². The number of carbonyl (C=O) groups excluding carboxylic acids is 2. The Morgan fingerprint density at radius 2 is 1.86 bits per heavy atom. The predicted molar refractivity (Wildman–Crippen MR) is 132 cm³/mol. The second-order valence-electron chi connectivity index (χ2n) is 9.44. The third-order valence-corrected chi connectivity index (χ3v) is 6.61. The van der Waals surface area contributed by atoms with Crippen LogP contribution in [-0.4, -0.2) is 66.0 Å². The first-order valence-corrected chi connectivity index (χ1v) is 12.1. The fourth-order valence-corrected chi connectivity index (χ4v) is 4.53. The molecule has 1 fully saturated rings. The van der Waals surface area contributed by atoms with Crippen LogP contribution in [0.4, 0.5) is 13.2 Å². The van der Waals surface area contributed by atoms with E-state index in [-0.39, 0.29) is 22.5 Å². The van der Waals surface area contributed by atoms with E-state index in [1.807, 2.05) is 0 Å². The van der Waals surface area contributed by atoms with Gasteiger partial charge in [-0.25, -0.2) is 0 Å². The van der Waals surface area contributed by atoms with Gasteiger partial charge in [-0.1, -0.05) is 12.5 Å². The Hall–Kier alpha value is -3.14. The molecule has 2 amide bonds. The Labute approximate surface area is 208 Å². The molecule has 1 aromatic carbocycles. The van der Waals surface area contributed by atoms with Crippen molar-refractivity contribution in [1.82, 2.24) is 19.7 Å². The molecule has 36 heavy (non-hydrogen) atoms. The van der Waals surface area contributed by atoms with E-state index < -0.39 is 29.1 Å². The lowest BCUT2D eigenvalue weighted by molar-refractivity contribution is -0.137. The molecule has 1 aliphatic heterocycles. The van der Waals surface area contributed by atoms with Crippen molar-refractivity contribution in [2.75, 3.05) is 33.7 Å². The highest BCUT2D eigenvalue weighted by Gasteiger charge is 2.31. The molecule has 1 unspecified atom stereocenters. The van der Waals surface area contributed by atoms with Crippen molar-refractivity contribution in [2.24, 2.45) is 0 Å². The number of pyridine rings is 1. The van der Waals surface area contributed by atoms with Crippen molar-refractivity contribution < 1.29 is 22.8 Å². The van der Waals surface area contributed by atoms with Crippen LogP contribution in [-0.2, 0) is 6.18 Å². The molecule has 0 radical (unpaired) electrons. The third kappa shape index (κ3) is 6.16. The minimum atomic E-state index is -4.61. The van der Waals surface area contributed by atoms with Gasteiger partial charge in [-0.3, -0.25) is 19.0 Å². The molecule has 0 spiro atoms. The van der Waals surface area contributed by atoms with Crippen LogP contribution >= 0.6 is 0 Å². The average molecular weight is 507 g/mol. The number of alkyl halides is 3. The molecule has 2 aromatic rings. The number of likely N-dealkylation sites (tertiary alicyclic amines) is 1. The second kappa shape index (κ2) is 11.3. The number of carbonyl (C=O) groups is 2. The van der Waals surface area contributed by atoms with Gasteiger partial charge in [0.1, 0.15) is 5.56 Å². The van der Waals surface area contributed by atoms with Crippen LogP contribution in [0.3, 0.4) is 0 Å². The van der Waals surface area contributed by atoms with E-state index in [9.17, 15) is 27.6 Å². The fourth-order valence-electron chi connectivity index (χ4n) is 4.53. The molecule has 2 heterocycles. The zero-order valence-corrected chi connectivity index (χ0v) is 21.1. The molecule has 0 bridgehead atoms. The van der Waals surface area contributed by atoms with Gasteiger partial charge in [0.25, 0.3) is 17.4 Å². The number of benzene rings is 1. The van der Waals surface area contributed by atoms with E-state index in [0.717, 1.165) is 42.6 Å². The summed E-state index contributed by atoms with van der Waals surface area (Å²) in [6, 6.07) is 5.98. The molecule has 1 saturated heterocycles. The Balaban J connectivity index is 1.93. The normalized spacial score (nSPS) is 16.6. The number of halogens is 3. The summed E-state index contributed by atoms with van der Waals surface area (Å²) in [4.78, 5) is 42.8. The van der Waals surface area contributed by atoms with Gasteiger partial charge in [0.05, 0.1) is 11.1 Å². The van der Waals surface area contributed by atoms with Gasteiger partial charge >= 0.3 is 6.18 Å². The number of hydrogen-bond donors (Lipinski definition) is 1. The van der Waals surface area contributed by atoms with Crippen molar-refractivity contribution in [3.05, 3.63) is 63.1 Å². The number of piperidine rings is 1. The Morgan fingerprint density at radius 1 is 1.14 bits per heavy atom. The second-order valence-corrected chi connectivity index (χ2v) is 9.44. The Bertz CT molecular complexity index is 1170. The van der Waals surface area contributed by atoms with Gasteiger partial charge in [0.15, 0.2) is 0 Å². The van der Waals surface area contributed by atoms with E-state index in [4.69, 9.17) is 0 Å². The van der Waals surface area contributed by atoms with Crippen LogP contribution in [0.2, 0.25) is 0 Å². The van der Waals surface area contributed by atoms with Gasteiger partial charge in [0, 0.05) is 44.6 Å². The highest BCUT2D eigenvalue weighted by molar-refractivity contribution is 6.00. The Kier molecular flexibility index (Phi) is 8.60. The van der Waals surface area contributed by atoms with Crippen LogP contribution in [0.15, 0.2) is 35.1 Å². The zero-order chi connectivity index (χ0) is 26.6. The van der Waals surface area contributed by atoms with E-state index in [1.54, 1.807) is 0 Å². The number of amides is 2. The van der Waals surface area contributed by atoms with Crippen LogP contribution in [0.5, 0.6) is 0 Å². The lowest BCUT2D eigenvalue weighted by Gasteiger charge is -2.33. The maximum absolute atomic E-state index is 13.3. The summed E-state index contributed by atoms with van der Waals surface area (Å²) in [7, 11) is 3.03. The lowest BCUT2D eigenvalue weighted by Crippen LogP contribution is -2.40. The monoisotopic (exact) mass is 506 g/mol. The summed E-state index contributed by atoms with van der Waals surface area (Å²) >= 11 is 0. The molecule has 0 saturated carbocycles. The average Bonchev–Trinajstić information content (AvgIpc) is 2.82. The van der Waals surface area contributed by atoms with Gasteiger partial charge in [-0.2, -0.15) is 13.2 Å². The van der Waals surface area contributed by atoms with E-state index in [1.165, 1.54) is 50.5 Å². The predicted octanol–water partition coefficient (Wildman–Crippen LogP) is 3.86. The van der Waals surface area contributed by atoms with E-state index in [0.29, 0.717) is 19.0 Å². The first-order valence-electron chi connectivity index (χ1n) is 12.1. The van der Waals surface area contributed by atoms with Crippen LogP contribution < -0.4 is 10.9 Å². The molecule has 0 aliphatic carbocycles. The maximum atomic E-state index is 13.3. The topological polar surface area (TPSA) is 74.7 Å². The van der Waals surface area contributed by atoms with Crippen LogP contribution in [0.1, 0.15) is 64.6 Å².